The SMILES string of the molecule is COc1ccc(OC2CCN(c3nc4c(cc3C)CN(CCO)C4)CC2)cn1. The molecule has 0 radical (unpaired) electrons. The van der Waals surface area contributed by atoms with E-state index in [1.807, 2.05) is 12.1 Å². The summed E-state index contributed by atoms with van der Waals surface area (Å²) in [7, 11) is 1.61. The molecule has 0 atom stereocenters. The molecule has 1 saturated heterocycles. The highest BCUT2D eigenvalue weighted by Crippen LogP contribution is 2.29. The van der Waals surface area contributed by atoms with Gasteiger partial charge in [0.15, 0.2) is 0 Å². The Morgan fingerprint density at radius 1 is 1.21 bits per heavy atom. The summed E-state index contributed by atoms with van der Waals surface area (Å²) in [5.41, 5.74) is 3.67. The van der Waals surface area contributed by atoms with Crippen molar-refractivity contribution >= 4 is 5.82 Å². The van der Waals surface area contributed by atoms with E-state index in [-0.39, 0.29) is 12.7 Å². The lowest BCUT2D eigenvalue weighted by atomic mass is 10.1. The third-order valence-corrected chi connectivity index (χ3v) is 5.50. The van der Waals surface area contributed by atoms with Gasteiger partial charge in [-0.25, -0.2) is 9.97 Å². The maximum absolute atomic E-state index is 9.18. The molecule has 7 nitrogen and oxygen atoms in total. The summed E-state index contributed by atoms with van der Waals surface area (Å²) in [5.74, 6) is 2.47. The van der Waals surface area contributed by atoms with E-state index in [0.29, 0.717) is 12.4 Å². The standard InChI is InChI=1S/C21H28N4O3/c1-15-11-16-13-24(9-10-26)14-19(16)23-21(15)25-7-5-17(6-8-25)28-18-3-4-20(27-2)22-12-18/h3-4,11-12,17,26H,5-10,13-14H2,1-2H3. The fourth-order valence-corrected chi connectivity index (χ4v) is 4.03. The molecular formula is C21H28N4O3. The van der Waals surface area contributed by atoms with Gasteiger partial charge in [-0.2, -0.15) is 0 Å². The zero-order valence-electron chi connectivity index (χ0n) is 16.6. The zero-order chi connectivity index (χ0) is 19.5. The second-order valence-electron chi connectivity index (χ2n) is 7.51. The topological polar surface area (TPSA) is 71.0 Å². The Morgan fingerprint density at radius 2 is 2.04 bits per heavy atom. The first-order chi connectivity index (χ1) is 13.7. The third-order valence-electron chi connectivity index (χ3n) is 5.50. The van der Waals surface area contributed by atoms with Crippen molar-refractivity contribution < 1.29 is 14.6 Å². The van der Waals surface area contributed by atoms with E-state index in [0.717, 1.165) is 56.3 Å². The predicted molar refractivity (Wildman–Crippen MR) is 107 cm³/mol. The Bertz CT molecular complexity index is 804. The van der Waals surface area contributed by atoms with Crippen LogP contribution in [0, 0.1) is 6.92 Å². The Kier molecular flexibility index (Phi) is 5.64. The van der Waals surface area contributed by atoms with Crippen molar-refractivity contribution in [3.05, 3.63) is 41.2 Å². The number of pyridine rings is 2. The monoisotopic (exact) mass is 384 g/mol. The second-order valence-corrected chi connectivity index (χ2v) is 7.51. The first-order valence-electron chi connectivity index (χ1n) is 9.90. The van der Waals surface area contributed by atoms with Crippen molar-refractivity contribution in [2.45, 2.75) is 39.0 Å². The summed E-state index contributed by atoms with van der Waals surface area (Å²) in [5, 5.41) is 9.18. The molecule has 2 aromatic rings. The van der Waals surface area contributed by atoms with Crippen molar-refractivity contribution in [3.8, 4) is 11.6 Å². The van der Waals surface area contributed by atoms with Gasteiger partial charge in [0.1, 0.15) is 17.7 Å². The van der Waals surface area contributed by atoms with E-state index in [9.17, 15) is 5.11 Å². The fourth-order valence-electron chi connectivity index (χ4n) is 4.03. The number of rotatable bonds is 6. The normalized spacial score (nSPS) is 17.6. The minimum atomic E-state index is 0.192. The predicted octanol–water partition coefficient (Wildman–Crippen LogP) is 2.15. The molecule has 0 amide bonds. The van der Waals surface area contributed by atoms with Crippen LogP contribution in [0.25, 0.3) is 0 Å². The van der Waals surface area contributed by atoms with Gasteiger partial charge >= 0.3 is 0 Å². The Balaban J connectivity index is 1.37. The minimum absolute atomic E-state index is 0.192. The molecule has 4 rings (SSSR count). The smallest absolute Gasteiger partial charge is 0.213 e. The van der Waals surface area contributed by atoms with Crippen LogP contribution in [0.2, 0.25) is 0 Å². The van der Waals surface area contributed by atoms with Gasteiger partial charge in [0.2, 0.25) is 5.88 Å². The first kappa shape index (κ1) is 19.0. The van der Waals surface area contributed by atoms with Crippen LogP contribution in [0.3, 0.4) is 0 Å². The van der Waals surface area contributed by atoms with E-state index < -0.39 is 0 Å². The summed E-state index contributed by atoms with van der Waals surface area (Å²) in [6.07, 6.45) is 3.83. The Morgan fingerprint density at radius 3 is 2.71 bits per heavy atom. The van der Waals surface area contributed by atoms with Crippen molar-refractivity contribution in [2.24, 2.45) is 0 Å². The van der Waals surface area contributed by atoms with Gasteiger partial charge in [0.05, 0.1) is 25.6 Å². The van der Waals surface area contributed by atoms with Gasteiger partial charge < -0.3 is 19.5 Å². The number of anilines is 1. The number of β-amino-alcohol motifs (C(OH)–C–C–N with tert-alkyl or cyclic N) is 1. The molecule has 0 saturated carbocycles. The van der Waals surface area contributed by atoms with E-state index in [1.54, 1.807) is 13.3 Å². The lowest BCUT2D eigenvalue weighted by Gasteiger charge is -2.34. The van der Waals surface area contributed by atoms with Crippen LogP contribution in [0.5, 0.6) is 11.6 Å². The second kappa shape index (κ2) is 8.32. The quantitative estimate of drug-likeness (QED) is 0.818. The molecule has 0 aliphatic carbocycles. The maximum Gasteiger partial charge on any atom is 0.213 e. The molecule has 2 aromatic heterocycles. The molecule has 4 heterocycles. The van der Waals surface area contributed by atoms with Crippen molar-refractivity contribution in [1.82, 2.24) is 14.9 Å². The Labute approximate surface area is 165 Å². The van der Waals surface area contributed by atoms with Gasteiger partial charge in [-0.05, 0) is 30.2 Å². The number of nitrogens with zero attached hydrogens (tertiary/aromatic N) is 4. The largest absolute Gasteiger partial charge is 0.489 e. The summed E-state index contributed by atoms with van der Waals surface area (Å²) in [6.45, 7) is 6.61. The number of piperidine rings is 1. The van der Waals surface area contributed by atoms with Crippen LogP contribution < -0.4 is 14.4 Å². The fraction of sp³-hybridized carbons (Fsp3) is 0.524. The van der Waals surface area contributed by atoms with Gasteiger partial charge in [-0.1, -0.05) is 0 Å². The molecule has 0 aromatic carbocycles. The zero-order valence-corrected chi connectivity index (χ0v) is 16.6. The van der Waals surface area contributed by atoms with Crippen molar-refractivity contribution in [3.63, 3.8) is 0 Å². The lowest BCUT2D eigenvalue weighted by Crippen LogP contribution is -2.39. The van der Waals surface area contributed by atoms with E-state index >= 15 is 0 Å². The average molecular weight is 384 g/mol. The van der Waals surface area contributed by atoms with Gasteiger partial charge in [0.25, 0.3) is 0 Å². The van der Waals surface area contributed by atoms with Crippen LogP contribution in [0.15, 0.2) is 24.4 Å². The molecular weight excluding hydrogens is 356 g/mol. The highest BCUT2D eigenvalue weighted by atomic mass is 16.5. The van der Waals surface area contributed by atoms with Crippen molar-refractivity contribution in [1.29, 1.82) is 0 Å². The molecule has 0 spiro atoms. The Hall–Kier alpha value is -2.38. The highest BCUT2D eigenvalue weighted by Gasteiger charge is 2.26. The molecule has 0 unspecified atom stereocenters. The van der Waals surface area contributed by atoms with E-state index in [2.05, 4.69) is 27.8 Å². The van der Waals surface area contributed by atoms with Gasteiger partial charge in [0, 0.05) is 51.6 Å². The number of methoxy groups -OCH3 is 1. The van der Waals surface area contributed by atoms with Crippen LogP contribution >= 0.6 is 0 Å². The number of hydrogen-bond donors (Lipinski definition) is 1. The summed E-state index contributed by atoms with van der Waals surface area (Å²) < 4.78 is 11.2. The molecule has 2 aliphatic rings. The third kappa shape index (κ3) is 4.05. The van der Waals surface area contributed by atoms with E-state index in [1.165, 1.54) is 11.1 Å². The van der Waals surface area contributed by atoms with Gasteiger partial charge in [-0.3, -0.25) is 4.90 Å². The molecule has 1 N–H and O–H groups in total. The summed E-state index contributed by atoms with van der Waals surface area (Å²) in [4.78, 5) is 13.8. The van der Waals surface area contributed by atoms with Gasteiger partial charge in [-0.15, -0.1) is 0 Å². The number of aromatic nitrogens is 2. The molecule has 2 aliphatic heterocycles. The molecule has 0 bridgehead atoms. The number of fused-ring (bicyclic) bond motifs is 1. The van der Waals surface area contributed by atoms with Crippen molar-refractivity contribution in [2.75, 3.05) is 38.3 Å². The van der Waals surface area contributed by atoms with Crippen LogP contribution in [0.1, 0.15) is 29.7 Å². The number of ether oxygens (including phenoxy) is 2. The number of hydrogen-bond acceptors (Lipinski definition) is 7. The number of aryl methyl sites for hydroxylation is 1. The van der Waals surface area contributed by atoms with Crippen LogP contribution in [0.4, 0.5) is 5.82 Å². The lowest BCUT2D eigenvalue weighted by molar-refractivity contribution is 0.169. The average Bonchev–Trinajstić information content (AvgIpc) is 3.10. The number of aliphatic hydroxyl groups is 1. The molecule has 28 heavy (non-hydrogen) atoms. The van der Waals surface area contributed by atoms with E-state index in [4.69, 9.17) is 14.5 Å². The number of aliphatic hydroxyl groups excluding tert-OH is 1. The highest BCUT2D eigenvalue weighted by molar-refractivity contribution is 5.50. The summed E-state index contributed by atoms with van der Waals surface area (Å²) in [6, 6.07) is 5.99. The van der Waals surface area contributed by atoms with Crippen LogP contribution in [-0.2, 0) is 13.1 Å². The minimum Gasteiger partial charge on any atom is -0.489 e. The molecule has 150 valence electrons. The summed E-state index contributed by atoms with van der Waals surface area (Å²) >= 11 is 0. The maximum atomic E-state index is 9.18. The first-order valence-corrected chi connectivity index (χ1v) is 9.90. The molecule has 7 heteroatoms. The van der Waals surface area contributed by atoms with Crippen LogP contribution in [-0.4, -0.2) is 59.4 Å². The molecule has 1 fully saturated rings.